The summed E-state index contributed by atoms with van der Waals surface area (Å²) in [5, 5.41) is 22.9. The number of non-ortho nitro benzene ring substituents is 1. The normalized spacial score (nSPS) is 10.4. The number of aromatic hydroxyl groups is 1. The van der Waals surface area contributed by atoms with Crippen LogP contribution in [0.15, 0.2) is 71.3 Å². The van der Waals surface area contributed by atoms with Crippen molar-refractivity contribution in [3.63, 3.8) is 0 Å². The molecule has 2 amide bonds. The molecule has 2 N–H and O–H groups in total. The summed E-state index contributed by atoms with van der Waals surface area (Å²) in [4.78, 5) is 24.5. The number of rotatable bonds is 6. The lowest BCUT2D eigenvalue weighted by Gasteiger charge is -2.22. The number of anilines is 1. The van der Waals surface area contributed by atoms with Gasteiger partial charge >= 0.3 is 6.03 Å². The summed E-state index contributed by atoms with van der Waals surface area (Å²) < 4.78 is 5.33. The highest BCUT2D eigenvalue weighted by Gasteiger charge is 2.17. The maximum atomic E-state index is 12.7. The number of hydrogen-bond donors (Lipinski definition) is 2. The van der Waals surface area contributed by atoms with E-state index in [-0.39, 0.29) is 24.0 Å². The number of furan rings is 1. The zero-order chi connectivity index (χ0) is 19.2. The van der Waals surface area contributed by atoms with E-state index in [0.29, 0.717) is 18.0 Å². The fourth-order valence-electron chi connectivity index (χ4n) is 2.48. The van der Waals surface area contributed by atoms with Gasteiger partial charge in [0.15, 0.2) is 0 Å². The van der Waals surface area contributed by atoms with Gasteiger partial charge in [-0.1, -0.05) is 12.1 Å². The number of hydrogen-bond acceptors (Lipinski definition) is 5. The molecule has 0 aliphatic rings. The second kappa shape index (κ2) is 8.05. The number of amides is 2. The van der Waals surface area contributed by atoms with E-state index in [1.54, 1.807) is 36.4 Å². The predicted molar refractivity (Wildman–Crippen MR) is 98.2 cm³/mol. The highest BCUT2D eigenvalue weighted by atomic mass is 16.6. The van der Waals surface area contributed by atoms with Crippen molar-refractivity contribution < 1.29 is 19.2 Å². The molecule has 1 heterocycles. The zero-order valence-electron chi connectivity index (χ0n) is 14.2. The highest BCUT2D eigenvalue weighted by Crippen LogP contribution is 2.18. The molecule has 3 rings (SSSR count). The second-order valence-electron chi connectivity index (χ2n) is 5.84. The number of urea groups is 1. The first kappa shape index (κ1) is 18.0. The van der Waals surface area contributed by atoms with Gasteiger partial charge in [0.25, 0.3) is 5.69 Å². The Kier molecular flexibility index (Phi) is 5.36. The van der Waals surface area contributed by atoms with Crippen molar-refractivity contribution in [2.45, 2.75) is 13.1 Å². The molecule has 0 aliphatic heterocycles. The van der Waals surface area contributed by atoms with E-state index in [0.717, 1.165) is 5.56 Å². The molecule has 0 fully saturated rings. The van der Waals surface area contributed by atoms with Crippen molar-refractivity contribution in [3.8, 4) is 5.75 Å². The molecule has 1 aromatic heterocycles. The van der Waals surface area contributed by atoms with Gasteiger partial charge in [-0.05, 0) is 42.0 Å². The molecule has 0 spiro atoms. The van der Waals surface area contributed by atoms with E-state index >= 15 is 0 Å². The summed E-state index contributed by atoms with van der Waals surface area (Å²) in [6.45, 7) is 0.534. The predicted octanol–water partition coefficient (Wildman–Crippen LogP) is 4.13. The molecule has 0 unspecified atom stereocenters. The van der Waals surface area contributed by atoms with Crippen molar-refractivity contribution in [2.75, 3.05) is 5.32 Å². The van der Waals surface area contributed by atoms with Gasteiger partial charge < -0.3 is 19.7 Å². The molecule has 3 aromatic rings. The number of nitro groups is 1. The molecule has 0 saturated heterocycles. The summed E-state index contributed by atoms with van der Waals surface area (Å²) in [6.07, 6.45) is 1.53. The van der Waals surface area contributed by atoms with E-state index < -0.39 is 4.92 Å². The SMILES string of the molecule is O=C(Nc1ccc([N+](=O)[O-])cc1)N(Cc1ccc(O)cc1)Cc1ccco1. The number of carbonyl (C=O) groups is 1. The Bertz CT molecular complexity index is 906. The first-order valence-electron chi connectivity index (χ1n) is 8.12. The Morgan fingerprint density at radius 2 is 1.78 bits per heavy atom. The Balaban J connectivity index is 1.74. The Labute approximate surface area is 154 Å². The first-order chi connectivity index (χ1) is 13.0. The lowest BCUT2D eigenvalue weighted by molar-refractivity contribution is -0.384. The van der Waals surface area contributed by atoms with E-state index in [9.17, 15) is 20.0 Å². The molecule has 0 atom stereocenters. The molecular weight excluding hydrogens is 350 g/mol. The van der Waals surface area contributed by atoms with Crippen LogP contribution in [0, 0.1) is 10.1 Å². The molecule has 0 aliphatic carbocycles. The van der Waals surface area contributed by atoms with E-state index in [4.69, 9.17) is 4.42 Å². The van der Waals surface area contributed by atoms with Crippen molar-refractivity contribution in [1.82, 2.24) is 4.90 Å². The summed E-state index contributed by atoms with van der Waals surface area (Å²) in [7, 11) is 0. The van der Waals surface area contributed by atoms with Crippen LogP contribution in [0.4, 0.5) is 16.2 Å². The lowest BCUT2D eigenvalue weighted by atomic mass is 10.2. The van der Waals surface area contributed by atoms with Gasteiger partial charge in [0, 0.05) is 24.4 Å². The van der Waals surface area contributed by atoms with E-state index in [2.05, 4.69) is 5.32 Å². The molecule has 138 valence electrons. The second-order valence-corrected chi connectivity index (χ2v) is 5.84. The van der Waals surface area contributed by atoms with Crippen molar-refractivity contribution in [1.29, 1.82) is 0 Å². The smallest absolute Gasteiger partial charge is 0.322 e. The molecule has 0 saturated carbocycles. The first-order valence-corrected chi connectivity index (χ1v) is 8.12. The molecule has 8 heteroatoms. The lowest BCUT2D eigenvalue weighted by Crippen LogP contribution is -2.33. The minimum absolute atomic E-state index is 0.0514. The molecule has 0 radical (unpaired) electrons. The van der Waals surface area contributed by atoms with E-state index in [1.165, 1.54) is 35.4 Å². The topological polar surface area (TPSA) is 109 Å². The van der Waals surface area contributed by atoms with Gasteiger partial charge in [-0.2, -0.15) is 0 Å². The van der Waals surface area contributed by atoms with Gasteiger partial charge in [0.05, 0.1) is 17.7 Å². The summed E-state index contributed by atoms with van der Waals surface area (Å²) in [5.41, 5.74) is 1.23. The van der Waals surface area contributed by atoms with Gasteiger partial charge in [-0.3, -0.25) is 10.1 Å². The molecular formula is C19H17N3O5. The largest absolute Gasteiger partial charge is 0.508 e. The van der Waals surface area contributed by atoms with Crippen LogP contribution in [0.1, 0.15) is 11.3 Å². The average molecular weight is 367 g/mol. The van der Waals surface area contributed by atoms with Crippen LogP contribution in [-0.4, -0.2) is 21.0 Å². The number of phenols is 1. The fraction of sp³-hybridized carbons (Fsp3) is 0.105. The number of nitrogens with one attached hydrogen (secondary N) is 1. The summed E-state index contributed by atoms with van der Waals surface area (Å²) >= 11 is 0. The molecule has 2 aromatic carbocycles. The zero-order valence-corrected chi connectivity index (χ0v) is 14.2. The molecule has 8 nitrogen and oxygen atoms in total. The third-order valence-corrected chi connectivity index (χ3v) is 3.85. The van der Waals surface area contributed by atoms with Crippen LogP contribution in [0.3, 0.4) is 0 Å². The van der Waals surface area contributed by atoms with Crippen LogP contribution < -0.4 is 5.32 Å². The minimum atomic E-state index is -0.500. The van der Waals surface area contributed by atoms with Gasteiger partial charge in [-0.15, -0.1) is 0 Å². The number of phenolic OH excluding ortho intramolecular Hbond substituents is 1. The standard InChI is InChI=1S/C19H17N3O5/c23-17-9-3-14(4-10-17)12-21(13-18-2-1-11-27-18)19(24)20-15-5-7-16(8-6-15)22(25)26/h1-11,23H,12-13H2,(H,20,24). The summed E-state index contributed by atoms with van der Waals surface area (Å²) in [5.74, 6) is 0.763. The van der Waals surface area contributed by atoms with Gasteiger partial charge in [0.2, 0.25) is 0 Å². The van der Waals surface area contributed by atoms with Crippen molar-refractivity contribution in [2.24, 2.45) is 0 Å². The summed E-state index contributed by atoms with van der Waals surface area (Å²) in [6, 6.07) is 15.3. The molecule has 0 bridgehead atoms. The maximum Gasteiger partial charge on any atom is 0.322 e. The Hall–Kier alpha value is -3.81. The van der Waals surface area contributed by atoms with Crippen LogP contribution in [0.2, 0.25) is 0 Å². The van der Waals surface area contributed by atoms with Crippen molar-refractivity contribution in [3.05, 3.63) is 88.4 Å². The Morgan fingerprint density at radius 3 is 2.37 bits per heavy atom. The maximum absolute atomic E-state index is 12.7. The quantitative estimate of drug-likeness (QED) is 0.503. The number of nitrogens with zero attached hydrogens (tertiary/aromatic N) is 2. The van der Waals surface area contributed by atoms with Crippen LogP contribution >= 0.6 is 0 Å². The number of benzene rings is 2. The highest BCUT2D eigenvalue weighted by molar-refractivity contribution is 5.89. The van der Waals surface area contributed by atoms with Crippen LogP contribution in [0.25, 0.3) is 0 Å². The van der Waals surface area contributed by atoms with Crippen LogP contribution in [-0.2, 0) is 13.1 Å². The third-order valence-electron chi connectivity index (χ3n) is 3.85. The number of carbonyl (C=O) groups excluding carboxylic acids is 1. The monoisotopic (exact) mass is 367 g/mol. The van der Waals surface area contributed by atoms with Crippen molar-refractivity contribution >= 4 is 17.4 Å². The number of nitro benzene ring substituents is 1. The fourth-order valence-corrected chi connectivity index (χ4v) is 2.48. The average Bonchev–Trinajstić information content (AvgIpc) is 3.16. The third kappa shape index (κ3) is 4.85. The minimum Gasteiger partial charge on any atom is -0.508 e. The van der Waals surface area contributed by atoms with Crippen LogP contribution in [0.5, 0.6) is 5.75 Å². The Morgan fingerprint density at radius 1 is 1.07 bits per heavy atom. The van der Waals surface area contributed by atoms with Gasteiger partial charge in [-0.25, -0.2) is 4.79 Å². The molecule has 27 heavy (non-hydrogen) atoms. The van der Waals surface area contributed by atoms with Gasteiger partial charge in [0.1, 0.15) is 11.5 Å². The van der Waals surface area contributed by atoms with E-state index in [1.807, 2.05) is 0 Å².